The van der Waals surface area contributed by atoms with Crippen LogP contribution in [0.15, 0.2) is 39.3 Å². The first-order chi connectivity index (χ1) is 9.43. The third-order valence-corrected chi connectivity index (χ3v) is 5.11. The highest BCUT2D eigenvalue weighted by molar-refractivity contribution is 9.10. The van der Waals surface area contributed by atoms with Crippen LogP contribution in [0.25, 0.3) is 0 Å². The number of rotatable bonds is 3. The summed E-state index contributed by atoms with van der Waals surface area (Å²) in [6, 6.07) is 10.1. The number of methoxy groups -OCH3 is 1. The number of ether oxygens (including phenoxy) is 1. The normalized spacial score (nSPS) is 12.3. The zero-order valence-corrected chi connectivity index (χ0v) is 15.4. The van der Waals surface area contributed by atoms with Gasteiger partial charge in [0.1, 0.15) is 5.75 Å². The summed E-state index contributed by atoms with van der Waals surface area (Å²) in [5.41, 5.74) is 4.41. The van der Waals surface area contributed by atoms with Crippen LogP contribution in [0, 0.1) is 13.8 Å². The molecule has 0 saturated heterocycles. The summed E-state index contributed by atoms with van der Waals surface area (Å²) in [5, 5.41) is -0.232. The second-order valence-electron chi connectivity index (χ2n) is 4.71. The van der Waals surface area contributed by atoms with Gasteiger partial charge in [0.2, 0.25) is 0 Å². The molecule has 2 aromatic rings. The first-order valence-electron chi connectivity index (χ1n) is 6.18. The molecule has 0 aromatic heterocycles. The van der Waals surface area contributed by atoms with Crippen molar-refractivity contribution in [3.8, 4) is 5.75 Å². The molecule has 2 rings (SSSR count). The molecule has 0 aliphatic rings. The number of alkyl halides is 1. The van der Waals surface area contributed by atoms with Crippen LogP contribution < -0.4 is 4.74 Å². The smallest absolute Gasteiger partial charge is 0.125 e. The topological polar surface area (TPSA) is 9.23 Å². The predicted molar refractivity (Wildman–Crippen MR) is 92.0 cm³/mol. The minimum absolute atomic E-state index is 0.232. The Morgan fingerprint density at radius 3 is 2.35 bits per heavy atom. The fourth-order valence-electron chi connectivity index (χ4n) is 2.14. The molecule has 4 heteroatoms. The van der Waals surface area contributed by atoms with E-state index in [2.05, 4.69) is 57.8 Å². The summed E-state index contributed by atoms with van der Waals surface area (Å²) in [6.07, 6.45) is 0. The lowest BCUT2D eigenvalue weighted by atomic mass is 9.97. The van der Waals surface area contributed by atoms with Crippen LogP contribution in [0.5, 0.6) is 5.75 Å². The summed E-state index contributed by atoms with van der Waals surface area (Å²) in [5.74, 6) is 0.791. The molecule has 0 aliphatic heterocycles. The largest absolute Gasteiger partial charge is 0.496 e. The van der Waals surface area contributed by atoms with E-state index in [-0.39, 0.29) is 5.38 Å². The number of halogens is 3. The van der Waals surface area contributed by atoms with Crippen LogP contribution in [0.3, 0.4) is 0 Å². The van der Waals surface area contributed by atoms with Crippen LogP contribution in [-0.2, 0) is 0 Å². The maximum absolute atomic E-state index is 6.69. The minimum atomic E-state index is -0.232. The highest BCUT2D eigenvalue weighted by atomic mass is 79.9. The van der Waals surface area contributed by atoms with Gasteiger partial charge in [-0.25, -0.2) is 0 Å². The fraction of sp³-hybridized carbons (Fsp3) is 0.250. The Balaban J connectivity index is 2.51. The monoisotopic (exact) mass is 416 g/mol. The third kappa shape index (κ3) is 3.21. The average Bonchev–Trinajstić information content (AvgIpc) is 2.42. The van der Waals surface area contributed by atoms with Gasteiger partial charge in [-0.2, -0.15) is 0 Å². The van der Waals surface area contributed by atoms with E-state index in [0.717, 1.165) is 31.4 Å². The van der Waals surface area contributed by atoms with Crippen LogP contribution in [0.1, 0.15) is 27.6 Å². The van der Waals surface area contributed by atoms with Crippen molar-refractivity contribution in [3.63, 3.8) is 0 Å². The van der Waals surface area contributed by atoms with Gasteiger partial charge >= 0.3 is 0 Å². The zero-order chi connectivity index (χ0) is 14.9. The SMILES string of the molecule is COc1cc(Br)ccc1C(Cl)c1cc(C)c(Br)cc1C. The Hall–Kier alpha value is -0.510. The Labute approximate surface area is 141 Å². The lowest BCUT2D eigenvalue weighted by Gasteiger charge is -2.18. The van der Waals surface area contributed by atoms with Gasteiger partial charge in [0.05, 0.1) is 12.5 Å². The average molecular weight is 419 g/mol. The van der Waals surface area contributed by atoms with Gasteiger partial charge in [0.15, 0.2) is 0 Å². The van der Waals surface area contributed by atoms with E-state index in [1.54, 1.807) is 7.11 Å². The van der Waals surface area contributed by atoms with Crippen molar-refractivity contribution in [1.29, 1.82) is 0 Å². The summed E-state index contributed by atoms with van der Waals surface area (Å²) in [7, 11) is 1.66. The Morgan fingerprint density at radius 2 is 1.70 bits per heavy atom. The molecule has 0 amide bonds. The van der Waals surface area contributed by atoms with Gasteiger partial charge in [-0.05, 0) is 48.7 Å². The van der Waals surface area contributed by atoms with Gasteiger partial charge in [-0.3, -0.25) is 0 Å². The van der Waals surface area contributed by atoms with E-state index in [9.17, 15) is 0 Å². The van der Waals surface area contributed by atoms with E-state index >= 15 is 0 Å². The van der Waals surface area contributed by atoms with Gasteiger partial charge in [-0.15, -0.1) is 11.6 Å². The van der Waals surface area contributed by atoms with E-state index in [4.69, 9.17) is 16.3 Å². The maximum atomic E-state index is 6.69. The van der Waals surface area contributed by atoms with Crippen molar-refractivity contribution < 1.29 is 4.74 Å². The van der Waals surface area contributed by atoms with Crippen molar-refractivity contribution in [2.45, 2.75) is 19.2 Å². The molecule has 1 atom stereocenters. The van der Waals surface area contributed by atoms with Gasteiger partial charge in [-0.1, -0.05) is 44.0 Å². The molecule has 106 valence electrons. The van der Waals surface area contributed by atoms with E-state index in [1.807, 2.05) is 18.2 Å². The lowest BCUT2D eigenvalue weighted by molar-refractivity contribution is 0.410. The first kappa shape index (κ1) is 15.9. The van der Waals surface area contributed by atoms with Crippen molar-refractivity contribution in [2.75, 3.05) is 7.11 Å². The van der Waals surface area contributed by atoms with E-state index in [0.29, 0.717) is 0 Å². The molecular formula is C16H15Br2ClO. The molecule has 2 aromatic carbocycles. The molecule has 0 radical (unpaired) electrons. The van der Waals surface area contributed by atoms with Gasteiger partial charge in [0.25, 0.3) is 0 Å². The number of benzene rings is 2. The second kappa shape index (κ2) is 6.50. The summed E-state index contributed by atoms with van der Waals surface area (Å²) < 4.78 is 7.52. The Kier molecular flexibility index (Phi) is 5.16. The molecule has 0 aliphatic carbocycles. The second-order valence-corrected chi connectivity index (χ2v) is 6.91. The van der Waals surface area contributed by atoms with Crippen molar-refractivity contribution >= 4 is 43.5 Å². The number of hydrogen-bond acceptors (Lipinski definition) is 1. The molecule has 0 saturated carbocycles. The molecule has 0 heterocycles. The Morgan fingerprint density at radius 1 is 1.00 bits per heavy atom. The lowest BCUT2D eigenvalue weighted by Crippen LogP contribution is -2.00. The molecule has 0 bridgehead atoms. The molecule has 1 unspecified atom stereocenters. The summed E-state index contributed by atoms with van der Waals surface area (Å²) in [6.45, 7) is 4.13. The third-order valence-electron chi connectivity index (χ3n) is 3.29. The minimum Gasteiger partial charge on any atom is -0.496 e. The summed E-state index contributed by atoms with van der Waals surface area (Å²) >= 11 is 13.7. The quantitative estimate of drug-likeness (QED) is 0.542. The highest BCUT2D eigenvalue weighted by Gasteiger charge is 2.18. The van der Waals surface area contributed by atoms with Gasteiger partial charge < -0.3 is 4.74 Å². The molecule has 0 N–H and O–H groups in total. The molecular weight excluding hydrogens is 403 g/mol. The zero-order valence-electron chi connectivity index (χ0n) is 11.5. The first-order valence-corrected chi connectivity index (χ1v) is 8.20. The Bertz CT molecular complexity index is 641. The van der Waals surface area contributed by atoms with Crippen LogP contribution in [0.2, 0.25) is 0 Å². The summed E-state index contributed by atoms with van der Waals surface area (Å²) in [4.78, 5) is 0. The standard InChI is InChI=1S/C16H15Br2ClO/c1-9-7-14(18)10(2)6-13(9)16(19)12-5-4-11(17)8-15(12)20-3/h4-8,16H,1-3H3. The maximum Gasteiger partial charge on any atom is 0.125 e. The van der Waals surface area contributed by atoms with Crippen LogP contribution in [0.4, 0.5) is 0 Å². The van der Waals surface area contributed by atoms with Gasteiger partial charge in [0, 0.05) is 14.5 Å². The molecule has 1 nitrogen and oxygen atoms in total. The van der Waals surface area contributed by atoms with Crippen molar-refractivity contribution in [2.24, 2.45) is 0 Å². The molecule has 0 fully saturated rings. The highest BCUT2D eigenvalue weighted by Crippen LogP contribution is 2.39. The fourth-order valence-corrected chi connectivity index (χ4v) is 3.35. The van der Waals surface area contributed by atoms with Crippen LogP contribution in [-0.4, -0.2) is 7.11 Å². The van der Waals surface area contributed by atoms with Crippen molar-refractivity contribution in [3.05, 3.63) is 61.5 Å². The molecule has 0 spiro atoms. The predicted octanol–water partition coefficient (Wildman–Crippen LogP) is 6.17. The van der Waals surface area contributed by atoms with Crippen molar-refractivity contribution in [1.82, 2.24) is 0 Å². The molecule has 20 heavy (non-hydrogen) atoms. The van der Waals surface area contributed by atoms with E-state index in [1.165, 1.54) is 5.56 Å². The van der Waals surface area contributed by atoms with Crippen LogP contribution >= 0.6 is 43.5 Å². The number of aryl methyl sites for hydroxylation is 2. The van der Waals surface area contributed by atoms with E-state index < -0.39 is 0 Å². The number of hydrogen-bond donors (Lipinski definition) is 0.